The van der Waals surface area contributed by atoms with E-state index in [2.05, 4.69) is 5.32 Å². The van der Waals surface area contributed by atoms with Gasteiger partial charge in [-0.1, -0.05) is 63.2 Å². The molecule has 11 heteroatoms. The number of Topliss-reactive ketones (excluding diaryl/α,β-unsaturated/α-hetero) is 1. The van der Waals surface area contributed by atoms with Gasteiger partial charge in [-0.3, -0.25) is 19.3 Å². The van der Waals surface area contributed by atoms with Crippen molar-refractivity contribution < 1.29 is 38.2 Å². The van der Waals surface area contributed by atoms with Crippen molar-refractivity contribution in [1.82, 2.24) is 10.2 Å². The van der Waals surface area contributed by atoms with Crippen LogP contribution in [0, 0.1) is 11.8 Å². The lowest BCUT2D eigenvalue weighted by molar-refractivity contribution is -0.163. The Bertz CT molecular complexity index is 1310. The molecule has 0 bridgehead atoms. The van der Waals surface area contributed by atoms with Crippen LogP contribution >= 0.6 is 0 Å². The number of hydrogen-bond acceptors (Lipinski definition) is 9. The highest BCUT2D eigenvalue weighted by Gasteiger charge is 2.40. The Labute approximate surface area is 272 Å². The maximum atomic E-state index is 13.6. The summed E-state index contributed by atoms with van der Waals surface area (Å²) in [6, 6.07) is 14.8. The number of esters is 1. The molecule has 0 spiro atoms. The minimum absolute atomic E-state index is 0.00691. The van der Waals surface area contributed by atoms with Crippen LogP contribution in [0.2, 0.25) is 0 Å². The highest BCUT2D eigenvalue weighted by molar-refractivity contribution is 6.02. The minimum Gasteiger partial charge on any atom is -0.489 e. The number of methoxy groups -OCH3 is 1. The molecular weight excluding hydrogens is 590 g/mol. The van der Waals surface area contributed by atoms with Crippen molar-refractivity contribution in [2.45, 2.75) is 91.5 Å². The van der Waals surface area contributed by atoms with Gasteiger partial charge in [0.25, 0.3) is 0 Å². The molecule has 2 aromatic rings. The molecule has 2 aromatic carbocycles. The molecule has 46 heavy (non-hydrogen) atoms. The van der Waals surface area contributed by atoms with Crippen molar-refractivity contribution in [3.05, 3.63) is 65.7 Å². The quantitative estimate of drug-likeness (QED) is 0.251. The summed E-state index contributed by atoms with van der Waals surface area (Å²) in [6.45, 7) is 10.6. The second-order valence-corrected chi connectivity index (χ2v) is 12.7. The first-order valence-corrected chi connectivity index (χ1v) is 15.6. The van der Waals surface area contributed by atoms with E-state index in [1.807, 2.05) is 54.6 Å². The summed E-state index contributed by atoms with van der Waals surface area (Å²) >= 11 is 0. The minimum atomic E-state index is -1.24. The number of ketones is 1. The zero-order valence-electron chi connectivity index (χ0n) is 28.0. The summed E-state index contributed by atoms with van der Waals surface area (Å²) in [5.74, 6) is -2.82. The molecular formula is C35H49N3O8. The van der Waals surface area contributed by atoms with Crippen LogP contribution in [0.4, 0.5) is 4.79 Å². The number of nitrogens with one attached hydrogen (secondary N) is 1. The first-order chi connectivity index (χ1) is 21.6. The van der Waals surface area contributed by atoms with Gasteiger partial charge in [0.1, 0.15) is 29.8 Å². The number of hydrogen-bond donors (Lipinski definition) is 2. The predicted octanol–water partition coefficient (Wildman–Crippen LogP) is 4.59. The molecule has 0 saturated heterocycles. The van der Waals surface area contributed by atoms with Gasteiger partial charge < -0.3 is 25.3 Å². The Morgan fingerprint density at radius 3 is 2.07 bits per heavy atom. The number of imide groups is 1. The topological polar surface area (TPSA) is 154 Å². The number of amides is 3. The predicted molar refractivity (Wildman–Crippen MR) is 174 cm³/mol. The van der Waals surface area contributed by atoms with Gasteiger partial charge in [0, 0.05) is 25.8 Å². The monoisotopic (exact) mass is 639 g/mol. The van der Waals surface area contributed by atoms with E-state index >= 15 is 0 Å². The van der Waals surface area contributed by atoms with Gasteiger partial charge in [0.15, 0.2) is 0 Å². The Morgan fingerprint density at radius 1 is 0.870 bits per heavy atom. The molecule has 3 unspecified atom stereocenters. The third kappa shape index (κ3) is 12.6. The number of benzene rings is 2. The van der Waals surface area contributed by atoms with Gasteiger partial charge in [-0.05, 0) is 62.3 Å². The SMILES string of the molecule is COC(=O)C(C(C)C)N(C(=O)CCC(=O)CCc1ccc(OCc2ccccc2)cc1)C(=O)C(N)C(C)CNC(=O)OC(C)(C)C. The fourth-order valence-electron chi connectivity index (χ4n) is 4.57. The van der Waals surface area contributed by atoms with Gasteiger partial charge >= 0.3 is 12.1 Å². The smallest absolute Gasteiger partial charge is 0.407 e. The normalized spacial score (nSPS) is 13.2. The number of nitrogens with zero attached hydrogens (tertiary/aromatic N) is 1. The molecule has 0 aliphatic heterocycles. The van der Waals surface area contributed by atoms with E-state index < -0.39 is 53.4 Å². The van der Waals surface area contributed by atoms with Crippen molar-refractivity contribution in [2.24, 2.45) is 17.6 Å². The molecule has 11 nitrogen and oxygen atoms in total. The lowest BCUT2D eigenvalue weighted by Crippen LogP contribution is -2.58. The molecule has 2 rings (SSSR count). The Kier molecular flexibility index (Phi) is 14.9. The maximum absolute atomic E-state index is 13.6. The summed E-state index contributed by atoms with van der Waals surface area (Å²) in [7, 11) is 1.17. The molecule has 0 aliphatic rings. The first kappa shape index (κ1) is 37.9. The van der Waals surface area contributed by atoms with Crippen LogP contribution in [0.3, 0.4) is 0 Å². The van der Waals surface area contributed by atoms with Crippen LogP contribution in [0.5, 0.6) is 5.75 Å². The molecule has 3 N–H and O–H groups in total. The molecule has 0 radical (unpaired) electrons. The second kappa shape index (κ2) is 18.0. The third-order valence-electron chi connectivity index (χ3n) is 7.21. The van der Waals surface area contributed by atoms with Gasteiger partial charge in [0.05, 0.1) is 13.2 Å². The van der Waals surface area contributed by atoms with Crippen LogP contribution in [-0.4, -0.2) is 65.9 Å². The molecule has 0 aliphatic carbocycles. The highest BCUT2D eigenvalue weighted by Crippen LogP contribution is 2.20. The Hall–Kier alpha value is -4.25. The van der Waals surface area contributed by atoms with E-state index in [1.165, 1.54) is 7.11 Å². The average Bonchev–Trinajstić information content (AvgIpc) is 3.01. The summed E-state index contributed by atoms with van der Waals surface area (Å²) in [4.78, 5) is 65.5. The van der Waals surface area contributed by atoms with E-state index in [9.17, 15) is 24.0 Å². The van der Waals surface area contributed by atoms with Crippen LogP contribution in [0.1, 0.15) is 71.9 Å². The van der Waals surface area contributed by atoms with Crippen molar-refractivity contribution in [1.29, 1.82) is 0 Å². The summed E-state index contributed by atoms with van der Waals surface area (Å²) in [5, 5.41) is 2.57. The lowest BCUT2D eigenvalue weighted by Gasteiger charge is -2.34. The van der Waals surface area contributed by atoms with Gasteiger partial charge in [-0.2, -0.15) is 0 Å². The van der Waals surface area contributed by atoms with Crippen molar-refractivity contribution in [3.63, 3.8) is 0 Å². The molecule has 0 saturated carbocycles. The number of carbonyl (C=O) groups excluding carboxylic acids is 5. The van der Waals surface area contributed by atoms with E-state index in [4.69, 9.17) is 19.9 Å². The number of aryl methyl sites for hydroxylation is 1. The van der Waals surface area contributed by atoms with E-state index in [1.54, 1.807) is 41.5 Å². The fraction of sp³-hybridized carbons (Fsp3) is 0.514. The van der Waals surface area contributed by atoms with E-state index in [0.717, 1.165) is 16.0 Å². The van der Waals surface area contributed by atoms with Crippen LogP contribution in [-0.2, 0) is 41.7 Å². The first-order valence-electron chi connectivity index (χ1n) is 15.6. The number of alkyl carbamates (subject to hydrolysis) is 1. The Balaban J connectivity index is 2.00. The lowest BCUT2D eigenvalue weighted by atomic mass is 9.96. The summed E-state index contributed by atoms with van der Waals surface area (Å²) < 4.78 is 15.9. The number of carbonyl (C=O) groups is 5. The Morgan fingerprint density at radius 2 is 1.50 bits per heavy atom. The number of nitrogens with two attached hydrogens (primary N) is 1. The number of ether oxygens (including phenoxy) is 3. The third-order valence-corrected chi connectivity index (χ3v) is 7.21. The van der Waals surface area contributed by atoms with Gasteiger partial charge in [0.2, 0.25) is 11.8 Å². The summed E-state index contributed by atoms with van der Waals surface area (Å²) in [5.41, 5.74) is 7.55. The van der Waals surface area contributed by atoms with E-state index in [-0.39, 0.29) is 31.6 Å². The zero-order valence-corrected chi connectivity index (χ0v) is 28.0. The summed E-state index contributed by atoms with van der Waals surface area (Å²) in [6.07, 6.45) is -0.402. The molecule has 252 valence electrons. The molecule has 0 aromatic heterocycles. The molecule has 3 atom stereocenters. The van der Waals surface area contributed by atoms with Crippen LogP contribution in [0.15, 0.2) is 54.6 Å². The molecule has 0 fully saturated rings. The maximum Gasteiger partial charge on any atom is 0.407 e. The van der Waals surface area contributed by atoms with Crippen molar-refractivity contribution >= 4 is 29.7 Å². The van der Waals surface area contributed by atoms with Crippen molar-refractivity contribution in [2.75, 3.05) is 13.7 Å². The molecule has 0 heterocycles. The van der Waals surface area contributed by atoms with E-state index in [0.29, 0.717) is 18.8 Å². The largest absolute Gasteiger partial charge is 0.489 e. The zero-order chi connectivity index (χ0) is 34.4. The fourth-order valence-corrected chi connectivity index (χ4v) is 4.57. The van der Waals surface area contributed by atoms with Gasteiger partial charge in [-0.25, -0.2) is 9.59 Å². The van der Waals surface area contributed by atoms with Gasteiger partial charge in [-0.15, -0.1) is 0 Å². The average molecular weight is 640 g/mol. The number of rotatable bonds is 16. The van der Waals surface area contributed by atoms with Crippen LogP contribution < -0.4 is 15.8 Å². The second-order valence-electron chi connectivity index (χ2n) is 12.7. The molecule has 3 amide bonds. The standard InChI is InChI=1S/C35H49N3O8/c1-23(2)31(33(42)44-7)38(32(41)30(36)24(3)21-37-34(43)46-35(4,5)6)29(40)20-17-27(39)16-13-25-14-18-28(19-15-25)45-22-26-11-9-8-10-12-26/h8-12,14-15,18-19,23-24,30-31H,13,16-17,20-22,36H2,1-7H3,(H,37,43). The van der Waals surface area contributed by atoms with Crippen LogP contribution in [0.25, 0.3) is 0 Å². The highest BCUT2D eigenvalue weighted by atomic mass is 16.6. The van der Waals surface area contributed by atoms with Crippen molar-refractivity contribution in [3.8, 4) is 5.75 Å².